The third-order valence-corrected chi connectivity index (χ3v) is 8.48. The lowest BCUT2D eigenvalue weighted by atomic mass is 9.84. The van der Waals surface area contributed by atoms with E-state index in [1.807, 2.05) is 56.0 Å². The number of carbonyl (C=O) groups is 2. The van der Waals surface area contributed by atoms with Crippen molar-refractivity contribution >= 4 is 17.5 Å². The Labute approximate surface area is 237 Å². The van der Waals surface area contributed by atoms with E-state index in [-0.39, 0.29) is 35.5 Å². The Kier molecular flexibility index (Phi) is 8.65. The fraction of sp³-hybridized carbons (Fsp3) is 0.412. The Hall–Kier alpha value is -3.51. The van der Waals surface area contributed by atoms with Gasteiger partial charge in [-0.15, -0.1) is 0 Å². The van der Waals surface area contributed by atoms with Gasteiger partial charge in [0.05, 0.1) is 0 Å². The summed E-state index contributed by atoms with van der Waals surface area (Å²) in [5.74, 6) is -0.132. The van der Waals surface area contributed by atoms with Crippen LogP contribution < -0.4 is 10.2 Å². The minimum Gasteiger partial charge on any atom is -0.349 e. The molecule has 5 nitrogen and oxygen atoms in total. The van der Waals surface area contributed by atoms with Gasteiger partial charge in [-0.25, -0.2) is 4.39 Å². The molecule has 2 saturated heterocycles. The lowest BCUT2D eigenvalue weighted by Crippen LogP contribution is -2.46. The van der Waals surface area contributed by atoms with Gasteiger partial charge in [0.2, 0.25) is 5.91 Å². The van der Waals surface area contributed by atoms with E-state index in [0.29, 0.717) is 24.1 Å². The zero-order valence-corrected chi connectivity index (χ0v) is 23.8. The van der Waals surface area contributed by atoms with Gasteiger partial charge in [0.25, 0.3) is 5.91 Å². The predicted octanol–water partition coefficient (Wildman–Crippen LogP) is 6.07. The van der Waals surface area contributed by atoms with Crippen molar-refractivity contribution in [2.75, 3.05) is 24.5 Å². The lowest BCUT2D eigenvalue weighted by molar-refractivity contribution is -0.124. The van der Waals surface area contributed by atoms with Crippen LogP contribution in [0.2, 0.25) is 0 Å². The lowest BCUT2D eigenvalue weighted by Gasteiger charge is -2.38. The Bertz CT molecular complexity index is 1330. The van der Waals surface area contributed by atoms with Crippen LogP contribution in [0.4, 0.5) is 10.1 Å². The van der Waals surface area contributed by atoms with E-state index in [1.54, 1.807) is 6.07 Å². The first kappa shape index (κ1) is 28.0. The SMILES string of the molecule is Cc1cc(C(=O)NC2CCN(Cc3ccccc3)CC2)cc(C)c1N1C[C@@H](Cc2ccccc2F)C[C@@H](C)C1=O. The molecule has 0 bridgehead atoms. The predicted molar refractivity (Wildman–Crippen MR) is 158 cm³/mol. The van der Waals surface area contributed by atoms with Gasteiger partial charge in [0, 0.05) is 49.4 Å². The summed E-state index contributed by atoms with van der Waals surface area (Å²) in [7, 11) is 0. The van der Waals surface area contributed by atoms with Crippen molar-refractivity contribution in [3.8, 4) is 0 Å². The van der Waals surface area contributed by atoms with E-state index in [1.165, 1.54) is 11.6 Å². The molecule has 3 aromatic rings. The maximum absolute atomic E-state index is 14.3. The van der Waals surface area contributed by atoms with Crippen molar-refractivity contribution in [1.29, 1.82) is 0 Å². The van der Waals surface area contributed by atoms with Crippen molar-refractivity contribution in [3.63, 3.8) is 0 Å². The van der Waals surface area contributed by atoms with E-state index in [0.717, 1.165) is 55.7 Å². The molecule has 6 heteroatoms. The van der Waals surface area contributed by atoms with Gasteiger partial charge in [0.1, 0.15) is 5.82 Å². The number of amides is 2. The molecular formula is C34H40FN3O2. The van der Waals surface area contributed by atoms with Gasteiger partial charge in [-0.3, -0.25) is 14.5 Å². The van der Waals surface area contributed by atoms with E-state index in [9.17, 15) is 14.0 Å². The number of nitrogens with zero attached hydrogens (tertiary/aromatic N) is 2. The normalized spacial score (nSPS) is 20.5. The van der Waals surface area contributed by atoms with Gasteiger partial charge in [0.15, 0.2) is 0 Å². The van der Waals surface area contributed by atoms with Crippen LogP contribution in [-0.4, -0.2) is 42.4 Å². The molecule has 3 aromatic carbocycles. The fourth-order valence-electron chi connectivity index (χ4n) is 6.47. The molecule has 2 aliphatic heterocycles. The molecule has 0 aliphatic carbocycles. The Balaban J connectivity index is 1.23. The molecule has 0 unspecified atom stereocenters. The second kappa shape index (κ2) is 12.3. The van der Waals surface area contributed by atoms with Crippen LogP contribution in [-0.2, 0) is 17.8 Å². The number of carbonyl (C=O) groups excluding carboxylic acids is 2. The third kappa shape index (κ3) is 6.44. The maximum atomic E-state index is 14.3. The zero-order chi connectivity index (χ0) is 28.2. The van der Waals surface area contributed by atoms with E-state index >= 15 is 0 Å². The molecule has 0 radical (unpaired) electrons. The quantitative estimate of drug-likeness (QED) is 0.395. The Morgan fingerprint density at radius 1 is 0.975 bits per heavy atom. The molecule has 1 N–H and O–H groups in total. The fourth-order valence-corrected chi connectivity index (χ4v) is 6.47. The summed E-state index contributed by atoms with van der Waals surface area (Å²) in [5, 5.41) is 3.25. The van der Waals surface area contributed by atoms with Crippen LogP contribution in [0.1, 0.15) is 58.8 Å². The van der Waals surface area contributed by atoms with E-state index < -0.39 is 0 Å². The Morgan fingerprint density at radius 3 is 2.30 bits per heavy atom. The average Bonchev–Trinajstić information content (AvgIpc) is 2.94. The number of piperidine rings is 2. The maximum Gasteiger partial charge on any atom is 0.251 e. The van der Waals surface area contributed by atoms with Gasteiger partial charge in [-0.2, -0.15) is 0 Å². The highest BCUT2D eigenvalue weighted by atomic mass is 19.1. The van der Waals surface area contributed by atoms with Crippen molar-refractivity contribution in [1.82, 2.24) is 10.2 Å². The molecule has 2 heterocycles. The smallest absolute Gasteiger partial charge is 0.251 e. The van der Waals surface area contributed by atoms with Crippen LogP contribution in [0.3, 0.4) is 0 Å². The number of nitrogens with one attached hydrogen (secondary N) is 1. The number of benzene rings is 3. The average molecular weight is 542 g/mol. The summed E-state index contributed by atoms with van der Waals surface area (Å²) in [6.07, 6.45) is 3.20. The minimum atomic E-state index is -0.191. The monoisotopic (exact) mass is 541 g/mol. The molecule has 2 amide bonds. The van der Waals surface area contributed by atoms with Crippen LogP contribution in [0.15, 0.2) is 66.7 Å². The number of hydrogen-bond acceptors (Lipinski definition) is 3. The standard InChI is InChI=1S/C34H40FN3O2/c1-23-18-29(33(39)36-30-13-15-37(16-14-30)21-26-9-5-4-6-10-26)19-24(2)32(23)38-22-27(17-25(3)34(38)40)20-28-11-7-8-12-31(28)35/h4-12,18-19,25,27,30H,13-17,20-22H2,1-3H3,(H,36,39)/t25-,27-/m1/s1. The van der Waals surface area contributed by atoms with Crippen molar-refractivity contribution in [2.45, 2.75) is 59.0 Å². The molecule has 210 valence electrons. The molecule has 0 saturated carbocycles. The number of hydrogen-bond donors (Lipinski definition) is 1. The minimum absolute atomic E-state index is 0.0602. The summed E-state index contributed by atoms with van der Waals surface area (Å²) in [6.45, 7) is 9.31. The number of aryl methyl sites for hydroxylation is 2. The summed E-state index contributed by atoms with van der Waals surface area (Å²) in [5.41, 5.74) is 5.34. The molecule has 5 rings (SSSR count). The van der Waals surface area contributed by atoms with Crippen molar-refractivity contribution in [2.24, 2.45) is 11.8 Å². The van der Waals surface area contributed by atoms with Crippen LogP contribution in [0.5, 0.6) is 0 Å². The molecule has 2 fully saturated rings. The van der Waals surface area contributed by atoms with Crippen molar-refractivity contribution in [3.05, 3.63) is 100 Å². The first-order chi connectivity index (χ1) is 19.3. The van der Waals surface area contributed by atoms with E-state index in [2.05, 4.69) is 34.5 Å². The van der Waals surface area contributed by atoms with Crippen LogP contribution in [0, 0.1) is 31.5 Å². The number of halogens is 1. The molecule has 0 aromatic heterocycles. The van der Waals surface area contributed by atoms with Gasteiger partial charge < -0.3 is 10.2 Å². The molecule has 2 atom stereocenters. The molecule has 40 heavy (non-hydrogen) atoms. The summed E-state index contributed by atoms with van der Waals surface area (Å²) >= 11 is 0. The molecular weight excluding hydrogens is 501 g/mol. The summed E-state index contributed by atoms with van der Waals surface area (Å²) in [6, 6.07) is 21.4. The highest BCUT2D eigenvalue weighted by Gasteiger charge is 2.34. The van der Waals surface area contributed by atoms with Crippen LogP contribution >= 0.6 is 0 Å². The first-order valence-corrected chi connectivity index (χ1v) is 14.5. The number of anilines is 1. The second-order valence-corrected chi connectivity index (χ2v) is 11.7. The molecule has 0 spiro atoms. The number of likely N-dealkylation sites (tertiary alicyclic amines) is 1. The topological polar surface area (TPSA) is 52.7 Å². The van der Waals surface area contributed by atoms with Crippen LogP contribution in [0.25, 0.3) is 0 Å². The largest absolute Gasteiger partial charge is 0.349 e. The number of rotatable bonds is 7. The van der Waals surface area contributed by atoms with Crippen molar-refractivity contribution < 1.29 is 14.0 Å². The first-order valence-electron chi connectivity index (χ1n) is 14.5. The molecule has 2 aliphatic rings. The van der Waals surface area contributed by atoms with Gasteiger partial charge in [-0.1, -0.05) is 55.5 Å². The third-order valence-electron chi connectivity index (χ3n) is 8.48. The van der Waals surface area contributed by atoms with Gasteiger partial charge >= 0.3 is 0 Å². The second-order valence-electron chi connectivity index (χ2n) is 11.7. The van der Waals surface area contributed by atoms with E-state index in [4.69, 9.17) is 0 Å². The highest BCUT2D eigenvalue weighted by molar-refractivity contribution is 5.99. The summed E-state index contributed by atoms with van der Waals surface area (Å²) in [4.78, 5) is 30.8. The zero-order valence-electron chi connectivity index (χ0n) is 23.8. The Morgan fingerprint density at radius 2 is 1.62 bits per heavy atom. The van der Waals surface area contributed by atoms with Gasteiger partial charge in [-0.05, 0) is 85.9 Å². The highest BCUT2D eigenvalue weighted by Crippen LogP contribution is 2.34. The summed E-state index contributed by atoms with van der Waals surface area (Å²) < 4.78 is 14.3.